The molecular weight excluding hydrogens is 524 g/mol. The second-order valence-electron chi connectivity index (χ2n) is 9.29. The Kier molecular flexibility index (Phi) is 9.32. The Hall–Kier alpha value is -2.76. The van der Waals surface area contributed by atoms with Crippen LogP contribution in [0.1, 0.15) is 49.5 Å². The third-order valence-electron chi connectivity index (χ3n) is 6.18. The van der Waals surface area contributed by atoms with Crippen LogP contribution < -0.4 is 4.74 Å². The van der Waals surface area contributed by atoms with Gasteiger partial charge in [0.2, 0.25) is 0 Å². The van der Waals surface area contributed by atoms with E-state index in [1.165, 1.54) is 12.1 Å². The molecular formula is C25H29F6NO4S. The SMILES string of the molecule is CC(F)(F)F.Cc1ccccc1C(=O)N1CCC(C(C)(C)S(=O)(=O)c2cccc(OC(F)(F)F)c2)CC1. The first kappa shape index (κ1) is 30.5. The number of rotatable bonds is 5. The quantitative estimate of drug-likeness (QED) is 0.393. The van der Waals surface area contributed by atoms with Crippen LogP contribution in [0.15, 0.2) is 53.4 Å². The zero-order chi connectivity index (χ0) is 28.2. The summed E-state index contributed by atoms with van der Waals surface area (Å²) < 4.78 is 98.0. The molecule has 0 unspecified atom stereocenters. The van der Waals surface area contributed by atoms with Crippen molar-refractivity contribution in [1.29, 1.82) is 0 Å². The maximum absolute atomic E-state index is 13.3. The van der Waals surface area contributed by atoms with E-state index in [2.05, 4.69) is 4.74 Å². The molecule has 206 valence electrons. The Labute approximate surface area is 212 Å². The van der Waals surface area contributed by atoms with Gasteiger partial charge in [0.05, 0.1) is 9.64 Å². The number of carbonyl (C=O) groups excluding carboxylic acids is 1. The van der Waals surface area contributed by atoms with Gasteiger partial charge >= 0.3 is 12.5 Å². The van der Waals surface area contributed by atoms with Gasteiger partial charge in [0, 0.05) is 25.6 Å². The van der Waals surface area contributed by atoms with Gasteiger partial charge in [0.25, 0.3) is 5.91 Å². The summed E-state index contributed by atoms with van der Waals surface area (Å²) in [6, 6.07) is 11.8. The van der Waals surface area contributed by atoms with Gasteiger partial charge in [-0.25, -0.2) is 8.42 Å². The number of ether oxygens (including phenoxy) is 1. The Bertz CT molecular complexity index is 1180. The summed E-state index contributed by atoms with van der Waals surface area (Å²) >= 11 is 0. The zero-order valence-corrected chi connectivity index (χ0v) is 21.6. The molecule has 0 saturated carbocycles. The first-order valence-electron chi connectivity index (χ1n) is 11.3. The van der Waals surface area contributed by atoms with E-state index in [-0.39, 0.29) is 23.6 Å². The smallest absolute Gasteiger partial charge is 0.406 e. The monoisotopic (exact) mass is 553 g/mol. The Morgan fingerprint density at radius 1 is 0.919 bits per heavy atom. The van der Waals surface area contributed by atoms with Gasteiger partial charge in [-0.3, -0.25) is 4.79 Å². The fourth-order valence-electron chi connectivity index (χ4n) is 4.12. The van der Waals surface area contributed by atoms with Crippen LogP contribution in [-0.2, 0) is 9.84 Å². The van der Waals surface area contributed by atoms with Crippen LogP contribution in [0, 0.1) is 12.8 Å². The first-order chi connectivity index (χ1) is 16.8. The molecule has 1 aliphatic rings. The third-order valence-corrected chi connectivity index (χ3v) is 8.78. The highest BCUT2D eigenvalue weighted by Crippen LogP contribution is 2.39. The normalized spacial score (nSPS) is 15.6. The van der Waals surface area contributed by atoms with Gasteiger partial charge in [0.15, 0.2) is 9.84 Å². The molecule has 2 aromatic rings. The summed E-state index contributed by atoms with van der Waals surface area (Å²) in [5.74, 6) is -0.923. The van der Waals surface area contributed by atoms with Gasteiger partial charge in [-0.2, -0.15) is 13.2 Å². The number of piperidine rings is 1. The van der Waals surface area contributed by atoms with Crippen molar-refractivity contribution >= 4 is 15.7 Å². The first-order valence-corrected chi connectivity index (χ1v) is 12.8. The molecule has 0 N–H and O–H groups in total. The second kappa shape index (κ2) is 11.3. The Balaban J connectivity index is 0.000000877. The number of nitrogens with zero attached hydrogens (tertiary/aromatic N) is 1. The number of alkyl halides is 6. The van der Waals surface area contributed by atoms with Crippen molar-refractivity contribution < 1.29 is 44.3 Å². The van der Waals surface area contributed by atoms with Crippen molar-refractivity contribution in [3.8, 4) is 5.75 Å². The average molecular weight is 554 g/mol. The van der Waals surface area contributed by atoms with E-state index < -0.39 is 32.9 Å². The van der Waals surface area contributed by atoms with Crippen LogP contribution in [0.3, 0.4) is 0 Å². The van der Waals surface area contributed by atoms with Crippen molar-refractivity contribution in [1.82, 2.24) is 4.90 Å². The topological polar surface area (TPSA) is 63.7 Å². The predicted molar refractivity (Wildman–Crippen MR) is 126 cm³/mol. The number of likely N-dealkylation sites (tertiary alicyclic amines) is 1. The fourth-order valence-corrected chi connectivity index (χ4v) is 5.93. The van der Waals surface area contributed by atoms with E-state index in [1.807, 2.05) is 19.1 Å². The van der Waals surface area contributed by atoms with Crippen molar-refractivity contribution in [3.63, 3.8) is 0 Å². The summed E-state index contributed by atoms with van der Waals surface area (Å²) in [5, 5.41) is 0. The summed E-state index contributed by atoms with van der Waals surface area (Å²) in [6.45, 7) is 6.05. The van der Waals surface area contributed by atoms with Gasteiger partial charge in [-0.05, 0) is 69.4 Å². The average Bonchev–Trinajstić information content (AvgIpc) is 2.77. The van der Waals surface area contributed by atoms with Crippen LogP contribution in [0.25, 0.3) is 0 Å². The number of sulfone groups is 1. The second-order valence-corrected chi connectivity index (χ2v) is 11.8. The molecule has 12 heteroatoms. The number of benzene rings is 2. The van der Waals surface area contributed by atoms with Crippen LogP contribution in [-0.4, -0.2) is 49.6 Å². The minimum atomic E-state index is -4.91. The third kappa shape index (κ3) is 8.37. The minimum Gasteiger partial charge on any atom is -0.406 e. The van der Waals surface area contributed by atoms with E-state index in [9.17, 15) is 39.6 Å². The maximum Gasteiger partial charge on any atom is 0.573 e. The lowest BCUT2D eigenvalue weighted by molar-refractivity contribution is -0.274. The van der Waals surface area contributed by atoms with Crippen molar-refractivity contribution in [3.05, 3.63) is 59.7 Å². The van der Waals surface area contributed by atoms with Gasteiger partial charge in [-0.15, -0.1) is 13.2 Å². The van der Waals surface area contributed by atoms with E-state index >= 15 is 0 Å². The summed E-state index contributed by atoms with van der Waals surface area (Å²) in [5.41, 5.74) is 1.50. The highest BCUT2D eigenvalue weighted by Gasteiger charge is 2.44. The van der Waals surface area contributed by atoms with E-state index in [4.69, 9.17) is 0 Å². The van der Waals surface area contributed by atoms with Crippen molar-refractivity contribution in [2.45, 2.75) is 62.7 Å². The number of hydrogen-bond donors (Lipinski definition) is 0. The largest absolute Gasteiger partial charge is 0.573 e. The summed E-state index contributed by atoms with van der Waals surface area (Å²) in [7, 11) is -3.96. The number of amides is 1. The molecule has 3 rings (SSSR count). The van der Waals surface area contributed by atoms with Gasteiger partial charge in [-0.1, -0.05) is 24.3 Å². The lowest BCUT2D eigenvalue weighted by atomic mass is 9.85. The molecule has 2 aromatic carbocycles. The van der Waals surface area contributed by atoms with Crippen molar-refractivity contribution in [2.75, 3.05) is 13.1 Å². The van der Waals surface area contributed by atoms with Crippen LogP contribution in [0.4, 0.5) is 26.3 Å². The fraction of sp³-hybridized carbons (Fsp3) is 0.480. The number of carbonyl (C=O) groups is 1. The number of halogens is 6. The van der Waals surface area contributed by atoms with Crippen LogP contribution >= 0.6 is 0 Å². The van der Waals surface area contributed by atoms with E-state index in [0.29, 0.717) is 31.5 Å². The molecule has 1 heterocycles. The number of hydrogen-bond acceptors (Lipinski definition) is 4. The summed E-state index contributed by atoms with van der Waals surface area (Å²) in [4.78, 5) is 14.4. The lowest BCUT2D eigenvalue weighted by Gasteiger charge is -2.40. The van der Waals surface area contributed by atoms with Gasteiger partial charge < -0.3 is 9.64 Å². The molecule has 37 heavy (non-hydrogen) atoms. The molecule has 0 spiro atoms. The Morgan fingerprint density at radius 3 is 1.97 bits per heavy atom. The molecule has 0 radical (unpaired) electrons. The minimum absolute atomic E-state index is 0.0841. The zero-order valence-electron chi connectivity index (χ0n) is 20.8. The molecule has 0 aromatic heterocycles. The Morgan fingerprint density at radius 2 is 1.46 bits per heavy atom. The molecule has 5 nitrogen and oxygen atoms in total. The summed E-state index contributed by atoms with van der Waals surface area (Å²) in [6.07, 6.45) is -7.96. The molecule has 0 aliphatic carbocycles. The highest BCUT2D eigenvalue weighted by molar-refractivity contribution is 7.92. The van der Waals surface area contributed by atoms with E-state index in [0.717, 1.165) is 17.7 Å². The van der Waals surface area contributed by atoms with Crippen LogP contribution in [0.5, 0.6) is 5.75 Å². The molecule has 1 amide bonds. The number of aryl methyl sites for hydroxylation is 1. The molecule has 1 saturated heterocycles. The van der Waals surface area contributed by atoms with E-state index in [1.54, 1.807) is 30.9 Å². The predicted octanol–water partition coefficient (Wildman–Crippen LogP) is 6.57. The maximum atomic E-state index is 13.3. The molecule has 1 fully saturated rings. The van der Waals surface area contributed by atoms with Crippen molar-refractivity contribution in [2.24, 2.45) is 5.92 Å². The highest BCUT2D eigenvalue weighted by atomic mass is 32.2. The molecule has 1 aliphatic heterocycles. The molecule has 0 atom stereocenters. The molecule has 0 bridgehead atoms. The lowest BCUT2D eigenvalue weighted by Crippen LogP contribution is -2.47. The van der Waals surface area contributed by atoms with Crippen LogP contribution in [0.2, 0.25) is 0 Å². The van der Waals surface area contributed by atoms with Gasteiger partial charge in [0.1, 0.15) is 5.75 Å². The standard InChI is InChI=1S/C23H26F3NO4S.C2H3F3/c1-16-7-4-5-10-20(16)21(28)27-13-11-17(12-14-27)22(2,3)32(29,30)19-9-6-8-18(15-19)31-23(24,25)26;1-2(3,4)5/h4-10,15,17H,11-14H2,1-3H3;1H3.